The number of carbonyl (C=O) groups is 1. The Balaban J connectivity index is 1.90. The molecule has 0 aromatic carbocycles. The fourth-order valence-corrected chi connectivity index (χ4v) is 2.13. The second kappa shape index (κ2) is 6.21. The third-order valence-corrected chi connectivity index (χ3v) is 3.49. The first-order valence-electron chi connectivity index (χ1n) is 5.68. The van der Waals surface area contributed by atoms with Crippen LogP contribution in [0.4, 0.5) is 5.82 Å². The van der Waals surface area contributed by atoms with Gasteiger partial charge in [0.1, 0.15) is 0 Å². The van der Waals surface area contributed by atoms with Crippen LogP contribution in [0, 0.1) is 0 Å². The molecule has 19 heavy (non-hydrogen) atoms. The molecular formula is C11H14N6OS. The van der Waals surface area contributed by atoms with Crippen molar-refractivity contribution in [2.24, 2.45) is 5.84 Å². The fourth-order valence-electron chi connectivity index (χ4n) is 1.43. The Kier molecular flexibility index (Phi) is 4.37. The molecule has 0 aliphatic heterocycles. The van der Waals surface area contributed by atoms with E-state index in [4.69, 9.17) is 5.84 Å². The number of hydrogen-bond donors (Lipinski definition) is 3. The van der Waals surface area contributed by atoms with Gasteiger partial charge in [0.25, 0.3) is 5.91 Å². The van der Waals surface area contributed by atoms with Crippen molar-refractivity contribution in [3.63, 3.8) is 0 Å². The molecule has 4 N–H and O–H groups in total. The quantitative estimate of drug-likeness (QED) is 0.550. The van der Waals surface area contributed by atoms with E-state index in [9.17, 15) is 4.79 Å². The number of amides is 1. The van der Waals surface area contributed by atoms with Gasteiger partial charge in [-0.3, -0.25) is 4.79 Å². The first-order valence-corrected chi connectivity index (χ1v) is 6.56. The van der Waals surface area contributed by atoms with Gasteiger partial charge in [-0.05, 0) is 12.1 Å². The monoisotopic (exact) mass is 278 g/mol. The molecule has 0 fully saturated rings. The lowest BCUT2D eigenvalue weighted by Gasteiger charge is -2.09. The zero-order valence-corrected chi connectivity index (χ0v) is 11.1. The Morgan fingerprint density at radius 1 is 1.47 bits per heavy atom. The maximum Gasteiger partial charge on any atom is 0.271 e. The highest BCUT2D eigenvalue weighted by Gasteiger charge is 2.12. The summed E-state index contributed by atoms with van der Waals surface area (Å²) in [5.41, 5.74) is 2.60. The molecule has 2 rings (SSSR count). The summed E-state index contributed by atoms with van der Waals surface area (Å²) < 4.78 is 0. The van der Waals surface area contributed by atoms with Crippen LogP contribution in [0.5, 0.6) is 0 Å². The highest BCUT2D eigenvalue weighted by Crippen LogP contribution is 2.16. The zero-order chi connectivity index (χ0) is 13.7. The fraction of sp³-hybridized carbons (Fsp3) is 0.273. The number of nitrogen functional groups attached to an aromatic ring is 1. The lowest BCUT2D eigenvalue weighted by Crippen LogP contribution is -2.28. The molecule has 2 heterocycles. The molecule has 0 aliphatic carbocycles. The van der Waals surface area contributed by atoms with Crippen molar-refractivity contribution in [2.75, 3.05) is 12.0 Å². The molecular weight excluding hydrogens is 264 g/mol. The van der Waals surface area contributed by atoms with Crippen LogP contribution in [-0.4, -0.2) is 27.6 Å². The lowest BCUT2D eigenvalue weighted by molar-refractivity contribution is 0.0945. The summed E-state index contributed by atoms with van der Waals surface area (Å²) >= 11 is 1.57. The number of anilines is 1. The standard InChI is InChI=1S/C11H14N6OS/c1-7(11-13-4-5-19-11)6-14-10(18)8-2-3-9(15-12)17-16-8/h2-5,7H,6,12H2,1H3,(H,14,18)(H,15,17). The van der Waals surface area contributed by atoms with E-state index < -0.39 is 0 Å². The molecule has 0 saturated carbocycles. The predicted octanol–water partition coefficient (Wildman–Crippen LogP) is 0.752. The summed E-state index contributed by atoms with van der Waals surface area (Å²) in [7, 11) is 0. The summed E-state index contributed by atoms with van der Waals surface area (Å²) in [6, 6.07) is 3.15. The third-order valence-electron chi connectivity index (χ3n) is 2.49. The van der Waals surface area contributed by atoms with Gasteiger partial charge in [-0.1, -0.05) is 6.92 Å². The summed E-state index contributed by atoms with van der Waals surface area (Å²) in [4.78, 5) is 16.0. The van der Waals surface area contributed by atoms with Crippen LogP contribution in [0.3, 0.4) is 0 Å². The van der Waals surface area contributed by atoms with Crippen molar-refractivity contribution in [3.8, 4) is 0 Å². The Morgan fingerprint density at radius 2 is 2.32 bits per heavy atom. The molecule has 7 nitrogen and oxygen atoms in total. The van der Waals surface area contributed by atoms with Crippen LogP contribution in [0.1, 0.15) is 28.3 Å². The first-order chi connectivity index (χ1) is 9.20. The van der Waals surface area contributed by atoms with Crippen LogP contribution in [0.25, 0.3) is 0 Å². The molecule has 0 radical (unpaired) electrons. The topological polar surface area (TPSA) is 106 Å². The molecule has 8 heteroatoms. The smallest absolute Gasteiger partial charge is 0.271 e. The number of aromatic nitrogens is 3. The molecule has 0 spiro atoms. The molecule has 0 saturated heterocycles. The van der Waals surface area contributed by atoms with E-state index in [0.29, 0.717) is 12.4 Å². The van der Waals surface area contributed by atoms with Gasteiger partial charge in [-0.2, -0.15) is 0 Å². The van der Waals surface area contributed by atoms with Crippen LogP contribution in [0.15, 0.2) is 23.7 Å². The Hall–Kier alpha value is -2.06. The van der Waals surface area contributed by atoms with Crippen molar-refractivity contribution >= 4 is 23.1 Å². The minimum atomic E-state index is -0.264. The number of hydrazine groups is 1. The minimum absolute atomic E-state index is 0.168. The average molecular weight is 278 g/mol. The highest BCUT2D eigenvalue weighted by molar-refractivity contribution is 7.09. The lowest BCUT2D eigenvalue weighted by atomic mass is 10.2. The minimum Gasteiger partial charge on any atom is -0.350 e. The molecule has 1 atom stereocenters. The number of rotatable bonds is 5. The van der Waals surface area contributed by atoms with Gasteiger partial charge < -0.3 is 10.7 Å². The van der Waals surface area contributed by atoms with Gasteiger partial charge >= 0.3 is 0 Å². The van der Waals surface area contributed by atoms with Gasteiger partial charge in [0.2, 0.25) is 0 Å². The number of nitrogens with two attached hydrogens (primary N) is 1. The van der Waals surface area contributed by atoms with Gasteiger partial charge in [0.15, 0.2) is 11.5 Å². The Labute approximate surface area is 114 Å². The molecule has 2 aromatic rings. The van der Waals surface area contributed by atoms with Gasteiger partial charge in [0.05, 0.1) is 5.01 Å². The van der Waals surface area contributed by atoms with E-state index in [-0.39, 0.29) is 17.5 Å². The summed E-state index contributed by atoms with van der Waals surface area (Å²) in [6.45, 7) is 2.51. The van der Waals surface area contributed by atoms with Crippen LogP contribution >= 0.6 is 11.3 Å². The molecule has 100 valence electrons. The van der Waals surface area contributed by atoms with Crippen LogP contribution in [-0.2, 0) is 0 Å². The van der Waals surface area contributed by atoms with Gasteiger partial charge in [-0.15, -0.1) is 21.5 Å². The second-order valence-electron chi connectivity index (χ2n) is 3.93. The van der Waals surface area contributed by atoms with E-state index >= 15 is 0 Å². The number of thiazole rings is 1. The number of nitrogens with zero attached hydrogens (tertiary/aromatic N) is 3. The normalized spacial score (nSPS) is 11.9. The summed E-state index contributed by atoms with van der Waals surface area (Å²) in [5.74, 6) is 5.48. The predicted molar refractivity (Wildman–Crippen MR) is 72.7 cm³/mol. The van der Waals surface area contributed by atoms with Crippen LogP contribution in [0.2, 0.25) is 0 Å². The zero-order valence-electron chi connectivity index (χ0n) is 10.3. The van der Waals surface area contributed by atoms with E-state index in [0.717, 1.165) is 5.01 Å². The maximum atomic E-state index is 11.8. The number of hydrogen-bond acceptors (Lipinski definition) is 7. The number of carbonyl (C=O) groups excluding carboxylic acids is 1. The number of nitrogens with one attached hydrogen (secondary N) is 2. The molecule has 2 aromatic heterocycles. The van der Waals surface area contributed by atoms with Gasteiger partial charge in [-0.25, -0.2) is 10.8 Å². The van der Waals surface area contributed by atoms with Gasteiger partial charge in [0, 0.05) is 24.0 Å². The SMILES string of the molecule is CC(CNC(=O)c1ccc(NN)nn1)c1nccs1. The third kappa shape index (κ3) is 3.46. The maximum absolute atomic E-state index is 11.8. The van der Waals surface area contributed by atoms with Crippen molar-refractivity contribution in [3.05, 3.63) is 34.4 Å². The van der Waals surface area contributed by atoms with Crippen molar-refractivity contribution in [1.29, 1.82) is 0 Å². The van der Waals surface area contributed by atoms with E-state index in [1.165, 1.54) is 0 Å². The average Bonchev–Trinajstić information content (AvgIpc) is 2.98. The molecule has 0 bridgehead atoms. The summed E-state index contributed by atoms with van der Waals surface area (Å²) in [6.07, 6.45) is 1.75. The molecule has 1 amide bonds. The van der Waals surface area contributed by atoms with Crippen molar-refractivity contribution in [2.45, 2.75) is 12.8 Å². The molecule has 1 unspecified atom stereocenters. The Bertz CT molecular complexity index is 527. The van der Waals surface area contributed by atoms with Crippen molar-refractivity contribution < 1.29 is 4.79 Å². The van der Waals surface area contributed by atoms with Crippen LogP contribution < -0.4 is 16.6 Å². The molecule has 0 aliphatic rings. The first kappa shape index (κ1) is 13.4. The van der Waals surface area contributed by atoms with Crippen molar-refractivity contribution in [1.82, 2.24) is 20.5 Å². The largest absolute Gasteiger partial charge is 0.350 e. The highest BCUT2D eigenvalue weighted by atomic mass is 32.1. The Morgan fingerprint density at radius 3 is 2.89 bits per heavy atom. The second-order valence-corrected chi connectivity index (χ2v) is 4.86. The van der Waals surface area contributed by atoms with E-state index in [1.807, 2.05) is 12.3 Å². The summed E-state index contributed by atoms with van der Waals surface area (Å²) in [5, 5.41) is 13.2. The van der Waals surface area contributed by atoms with E-state index in [2.05, 4.69) is 25.9 Å². The van der Waals surface area contributed by atoms with E-state index in [1.54, 1.807) is 29.7 Å².